The molecular formula is C17H22O8S. The molecule has 0 bridgehead atoms. The molecule has 0 radical (unpaired) electrons. The fourth-order valence-electron chi connectivity index (χ4n) is 3.23. The first kappa shape index (κ1) is 18.9. The van der Waals surface area contributed by atoms with Crippen LogP contribution in [0.4, 0.5) is 4.79 Å². The number of carbonyl (C=O) groups is 3. The van der Waals surface area contributed by atoms with E-state index in [4.69, 9.17) is 18.9 Å². The van der Waals surface area contributed by atoms with E-state index in [0.29, 0.717) is 23.7 Å². The van der Waals surface area contributed by atoms with E-state index < -0.39 is 36.0 Å². The second-order valence-corrected chi connectivity index (χ2v) is 7.56. The Morgan fingerprint density at radius 3 is 2.15 bits per heavy atom. The molecule has 1 aliphatic carbocycles. The van der Waals surface area contributed by atoms with E-state index in [1.807, 2.05) is 0 Å². The van der Waals surface area contributed by atoms with Gasteiger partial charge in [-0.1, -0.05) is 24.6 Å². The zero-order chi connectivity index (χ0) is 18.5. The summed E-state index contributed by atoms with van der Waals surface area (Å²) in [4.78, 5) is 35.7. The van der Waals surface area contributed by atoms with E-state index in [1.165, 1.54) is 11.8 Å². The Bertz CT molecular complexity index is 527. The largest absolute Gasteiger partial charge is 0.508 e. The van der Waals surface area contributed by atoms with Crippen LogP contribution in [0.15, 0.2) is 11.7 Å². The number of carbonyl (C=O) groups excluding carboxylic acids is 3. The highest BCUT2D eigenvalue weighted by Gasteiger charge is 2.39. The zero-order valence-electron chi connectivity index (χ0n) is 14.3. The smallest absolute Gasteiger partial charge is 0.480 e. The number of ether oxygens (including phenoxy) is 5. The summed E-state index contributed by atoms with van der Waals surface area (Å²) in [6, 6.07) is 0. The molecule has 4 atom stereocenters. The average Bonchev–Trinajstić information content (AvgIpc) is 3.25. The van der Waals surface area contributed by atoms with Crippen molar-refractivity contribution in [3.8, 4) is 0 Å². The topological polar surface area (TPSA) is 97.4 Å². The Labute approximate surface area is 155 Å². The minimum Gasteiger partial charge on any atom is -0.480 e. The van der Waals surface area contributed by atoms with Gasteiger partial charge in [-0.3, -0.25) is 9.59 Å². The molecule has 4 unspecified atom stereocenters. The first-order chi connectivity index (χ1) is 12.5. The van der Waals surface area contributed by atoms with Gasteiger partial charge in [-0.25, -0.2) is 4.79 Å². The molecule has 3 rings (SSSR count). The van der Waals surface area contributed by atoms with Crippen LogP contribution in [0.1, 0.15) is 25.7 Å². The predicted octanol–water partition coefficient (Wildman–Crippen LogP) is 2.02. The normalized spacial score (nSPS) is 30.9. The van der Waals surface area contributed by atoms with Gasteiger partial charge in [0.15, 0.2) is 6.10 Å². The maximum absolute atomic E-state index is 12.5. The van der Waals surface area contributed by atoms with Crippen molar-refractivity contribution in [1.29, 1.82) is 0 Å². The summed E-state index contributed by atoms with van der Waals surface area (Å²) in [6.45, 7) is 3.86. The molecule has 3 fully saturated rings. The molecule has 3 aliphatic rings. The van der Waals surface area contributed by atoms with Crippen LogP contribution >= 0.6 is 11.8 Å². The lowest BCUT2D eigenvalue weighted by molar-refractivity contribution is -0.165. The predicted molar refractivity (Wildman–Crippen MR) is 90.1 cm³/mol. The minimum absolute atomic E-state index is 0.0624. The zero-order valence-corrected chi connectivity index (χ0v) is 15.2. The van der Waals surface area contributed by atoms with Gasteiger partial charge in [0, 0.05) is 5.75 Å². The maximum Gasteiger partial charge on any atom is 0.508 e. The van der Waals surface area contributed by atoms with E-state index in [-0.39, 0.29) is 25.9 Å². The van der Waals surface area contributed by atoms with E-state index in [1.54, 1.807) is 0 Å². The lowest BCUT2D eigenvalue weighted by Gasteiger charge is -2.28. The lowest BCUT2D eigenvalue weighted by Crippen LogP contribution is -2.37. The number of rotatable bonds is 6. The van der Waals surface area contributed by atoms with Gasteiger partial charge in [0.25, 0.3) is 0 Å². The number of hydrogen-bond acceptors (Lipinski definition) is 9. The van der Waals surface area contributed by atoms with Gasteiger partial charge in [0.1, 0.15) is 31.0 Å². The highest BCUT2D eigenvalue weighted by atomic mass is 32.2. The quantitative estimate of drug-likeness (QED) is 0.501. The Morgan fingerprint density at radius 1 is 1.04 bits per heavy atom. The van der Waals surface area contributed by atoms with Crippen LogP contribution in [0.25, 0.3) is 0 Å². The van der Waals surface area contributed by atoms with Crippen LogP contribution in [0.2, 0.25) is 0 Å². The summed E-state index contributed by atoms with van der Waals surface area (Å²) in [7, 11) is 0. The molecule has 0 amide bonds. The van der Waals surface area contributed by atoms with Crippen LogP contribution in [0.5, 0.6) is 0 Å². The first-order valence-corrected chi connectivity index (χ1v) is 9.66. The van der Waals surface area contributed by atoms with Gasteiger partial charge >= 0.3 is 18.1 Å². The molecule has 1 saturated carbocycles. The van der Waals surface area contributed by atoms with Gasteiger partial charge in [-0.05, 0) is 19.4 Å². The Hall–Kier alpha value is -1.90. The van der Waals surface area contributed by atoms with Gasteiger partial charge in [0.2, 0.25) is 0 Å². The molecule has 0 spiro atoms. The van der Waals surface area contributed by atoms with Crippen molar-refractivity contribution in [2.45, 2.75) is 37.9 Å². The molecule has 2 aliphatic heterocycles. The van der Waals surface area contributed by atoms with E-state index >= 15 is 0 Å². The van der Waals surface area contributed by atoms with Crippen molar-refractivity contribution in [2.24, 2.45) is 11.8 Å². The van der Waals surface area contributed by atoms with Crippen molar-refractivity contribution >= 4 is 29.9 Å². The van der Waals surface area contributed by atoms with Crippen molar-refractivity contribution in [1.82, 2.24) is 0 Å². The summed E-state index contributed by atoms with van der Waals surface area (Å²) < 4.78 is 25.5. The van der Waals surface area contributed by atoms with Crippen molar-refractivity contribution in [3.05, 3.63) is 11.7 Å². The van der Waals surface area contributed by atoms with Crippen LogP contribution in [-0.2, 0) is 33.3 Å². The Kier molecular flexibility index (Phi) is 6.29. The molecule has 26 heavy (non-hydrogen) atoms. The fourth-order valence-corrected chi connectivity index (χ4v) is 3.97. The number of esters is 2. The lowest BCUT2D eigenvalue weighted by atomic mass is 9.79. The second-order valence-electron chi connectivity index (χ2n) is 6.48. The van der Waals surface area contributed by atoms with E-state index in [0.717, 1.165) is 12.8 Å². The molecule has 0 aromatic carbocycles. The van der Waals surface area contributed by atoms with Crippen LogP contribution < -0.4 is 0 Å². The van der Waals surface area contributed by atoms with Crippen molar-refractivity contribution < 1.29 is 38.1 Å². The molecule has 0 aromatic rings. The van der Waals surface area contributed by atoms with Gasteiger partial charge in [0.05, 0.1) is 11.8 Å². The van der Waals surface area contributed by atoms with Gasteiger partial charge in [-0.15, -0.1) is 0 Å². The molecule has 9 heteroatoms. The maximum atomic E-state index is 12.5. The van der Waals surface area contributed by atoms with Crippen LogP contribution in [0.3, 0.4) is 0 Å². The molecule has 0 aromatic heterocycles. The highest BCUT2D eigenvalue weighted by molar-refractivity contribution is 8.03. The molecule has 2 heterocycles. The average molecular weight is 386 g/mol. The van der Waals surface area contributed by atoms with E-state index in [9.17, 15) is 14.4 Å². The summed E-state index contributed by atoms with van der Waals surface area (Å²) in [5.41, 5.74) is 0. The van der Waals surface area contributed by atoms with Gasteiger partial charge in [-0.2, -0.15) is 0 Å². The van der Waals surface area contributed by atoms with Crippen molar-refractivity contribution in [3.63, 3.8) is 0 Å². The van der Waals surface area contributed by atoms with Crippen molar-refractivity contribution in [2.75, 3.05) is 25.6 Å². The minimum atomic E-state index is -0.764. The fraction of sp³-hybridized carbons (Fsp3) is 0.706. The third kappa shape index (κ3) is 4.84. The highest BCUT2D eigenvalue weighted by Crippen LogP contribution is 2.33. The molecule has 8 nitrogen and oxygen atoms in total. The first-order valence-electron chi connectivity index (χ1n) is 8.68. The molecule has 2 saturated heterocycles. The Balaban J connectivity index is 1.48. The summed E-state index contributed by atoms with van der Waals surface area (Å²) in [5, 5.41) is 0.627. The number of hydrogen-bond donors (Lipinski definition) is 0. The summed E-state index contributed by atoms with van der Waals surface area (Å²) in [5.74, 6) is -1.22. The molecule has 144 valence electrons. The van der Waals surface area contributed by atoms with E-state index in [2.05, 4.69) is 11.3 Å². The van der Waals surface area contributed by atoms with Crippen LogP contribution in [-0.4, -0.2) is 55.9 Å². The third-order valence-electron chi connectivity index (χ3n) is 4.57. The van der Waals surface area contributed by atoms with Crippen LogP contribution in [0, 0.1) is 11.8 Å². The number of thioether (sulfide) groups is 1. The third-order valence-corrected chi connectivity index (χ3v) is 5.53. The number of cyclic esters (lactones) is 2. The monoisotopic (exact) mass is 386 g/mol. The van der Waals surface area contributed by atoms with Gasteiger partial charge < -0.3 is 23.7 Å². The molecular weight excluding hydrogens is 364 g/mol. The molecule has 0 N–H and O–H groups in total. The second kappa shape index (κ2) is 8.66. The SMILES string of the molecule is C=C1OC(COC(=O)C2CCCCC2C(=O)OCC2COC(=O)O2)CS1. The summed E-state index contributed by atoms with van der Waals surface area (Å²) >= 11 is 1.49. The summed E-state index contributed by atoms with van der Waals surface area (Å²) in [6.07, 6.45) is 1.34. The Morgan fingerprint density at radius 2 is 1.65 bits per heavy atom. The standard InChI is InChI=1S/C17H22O8S/c1-10-24-12(9-26-10)8-22-16(19)14-5-3-2-4-13(14)15(18)21-6-11-7-23-17(20)25-11/h11-14H,1-9H2.